The van der Waals surface area contributed by atoms with Crippen molar-refractivity contribution in [3.05, 3.63) is 71.8 Å². The van der Waals surface area contributed by atoms with Crippen LogP contribution in [0, 0.1) is 58.2 Å². The number of alkyl halides is 4. The Kier molecular flexibility index (Phi) is 26.7. The molecule has 4 aliphatic carbocycles. The number of ketones is 2. The zero-order chi connectivity index (χ0) is 88.1. The molecular formula is C90H118F4N6O20S2. The highest BCUT2D eigenvalue weighted by atomic mass is 32.2. The highest BCUT2D eigenvalue weighted by molar-refractivity contribution is 7.92. The van der Waals surface area contributed by atoms with Crippen LogP contribution in [0.3, 0.4) is 0 Å². The van der Waals surface area contributed by atoms with Crippen molar-refractivity contribution in [2.45, 2.75) is 281 Å². The van der Waals surface area contributed by atoms with Gasteiger partial charge in [-0.15, -0.1) is 0 Å². The molecule has 10 aliphatic rings. The van der Waals surface area contributed by atoms with Crippen LogP contribution in [0.4, 0.5) is 17.6 Å². The molecule has 14 atom stereocenters. The van der Waals surface area contributed by atoms with E-state index in [1.54, 1.807) is 40.2 Å². The number of hydrogen-bond donors (Lipinski definition) is 2. The summed E-state index contributed by atoms with van der Waals surface area (Å²) in [4.78, 5) is 128. The molecule has 32 heteroatoms. The zero-order valence-corrected chi connectivity index (χ0v) is 73.6. The van der Waals surface area contributed by atoms with E-state index < -0.39 is 172 Å². The summed E-state index contributed by atoms with van der Waals surface area (Å²) in [5.74, 6) is -6.16. The Morgan fingerprint density at radius 3 is 1.30 bits per heavy atom. The number of nitrogens with zero attached hydrogens (tertiary/aromatic N) is 4. The summed E-state index contributed by atoms with van der Waals surface area (Å²) in [5, 5.41) is 3.03. The molecule has 26 nitrogen and oxygen atoms in total. The van der Waals surface area contributed by atoms with Gasteiger partial charge in [0.2, 0.25) is 67.2 Å². The summed E-state index contributed by atoms with van der Waals surface area (Å²) in [6.45, 7) is 16.3. The molecule has 4 amide bonds. The van der Waals surface area contributed by atoms with Crippen molar-refractivity contribution in [1.82, 2.24) is 29.2 Å². The third kappa shape index (κ3) is 19.2. The quantitative estimate of drug-likeness (QED) is 0.0419. The molecule has 2 N–H and O–H groups in total. The molecule has 2 aromatic carbocycles. The van der Waals surface area contributed by atoms with Gasteiger partial charge in [0, 0.05) is 47.6 Å². The number of carbonyl (C=O) groups excluding carboxylic acids is 8. The van der Waals surface area contributed by atoms with E-state index in [4.69, 9.17) is 47.9 Å². The lowest BCUT2D eigenvalue weighted by Crippen LogP contribution is -2.48. The summed E-state index contributed by atoms with van der Waals surface area (Å²) < 4.78 is 158. The summed E-state index contributed by atoms with van der Waals surface area (Å²) in [5.41, 5.74) is -5.07. The lowest BCUT2D eigenvalue weighted by atomic mass is 9.79. The van der Waals surface area contributed by atoms with Gasteiger partial charge < -0.3 is 47.7 Å². The van der Waals surface area contributed by atoms with Crippen LogP contribution in [0.25, 0.3) is 21.5 Å². The number of nitrogens with one attached hydrogen (secondary N) is 2. The predicted octanol–water partition coefficient (Wildman–Crippen LogP) is 13.8. The summed E-state index contributed by atoms with van der Waals surface area (Å²) >= 11 is 0. The lowest BCUT2D eigenvalue weighted by molar-refractivity contribution is -0.175. The van der Waals surface area contributed by atoms with E-state index in [1.165, 1.54) is 9.80 Å². The first-order valence-electron chi connectivity index (χ1n) is 43.4. The van der Waals surface area contributed by atoms with E-state index in [-0.39, 0.29) is 87.0 Å². The number of esters is 2. The van der Waals surface area contributed by atoms with Gasteiger partial charge in [0.15, 0.2) is 22.8 Å². The fourth-order valence-corrected chi connectivity index (χ4v) is 21.4. The number of rotatable bonds is 22. The maximum absolute atomic E-state index is 15.1. The topological polar surface area (TPSA) is 335 Å². The van der Waals surface area contributed by atoms with Gasteiger partial charge in [-0.25, -0.2) is 34.4 Å². The number of fused-ring (bicyclic) bond motifs is 10. The molecule has 0 unspecified atom stereocenters. The SMILES string of the molecule is CC[C@@H]1C[C@@H](C)CC/C=C\[C@@H]2C[C@@]2(C(=O)NS(=O)(=O)C2(C)CC2)CC(=O)[C@@H]2C[C@@H](Oc3nc4c(c5cc(OC)ccc35)CCCO4)CN2C(=O)[C@H]1CC(=O)OC(C)(C)C(F)F.CC[C@@H]1C[C@H](C)CC/C=C\[C@@H]2C[C@@]2(C(=O)NS(=O)(=O)C2(C)CC2)CC(=O)[C@@H]2C[C@@H](Oc3nc4c(c5cc(OC)ccc35)CCCO4)CN2C(=O)[C@H]1CC(=O)OC(C)(C)C(F)F. The van der Waals surface area contributed by atoms with Crippen molar-refractivity contribution in [1.29, 1.82) is 0 Å². The van der Waals surface area contributed by atoms with E-state index in [1.807, 2.05) is 76.3 Å². The minimum atomic E-state index is -4.02. The van der Waals surface area contributed by atoms with Gasteiger partial charge in [0.05, 0.1) is 97.6 Å². The zero-order valence-electron chi connectivity index (χ0n) is 71.9. The molecule has 6 fully saturated rings. The Hall–Kier alpha value is -8.68. The normalized spacial score (nSPS) is 29.6. The monoisotopic (exact) mass is 1740 g/mol. The molecule has 14 rings (SSSR count). The number of ether oxygens (including phenoxy) is 8. The minimum Gasteiger partial charge on any atom is -0.497 e. The first-order chi connectivity index (χ1) is 57.6. The highest BCUT2D eigenvalue weighted by Crippen LogP contribution is 2.60. The second-order valence-electron chi connectivity index (χ2n) is 37.5. The number of halogens is 4. The van der Waals surface area contributed by atoms with Crippen LogP contribution in [0.15, 0.2) is 60.7 Å². The minimum absolute atomic E-state index is 0.0131. The smallest absolute Gasteiger partial charge is 0.307 e. The molecular weight excluding hydrogens is 1630 g/mol. The van der Waals surface area contributed by atoms with Crippen LogP contribution in [0.5, 0.6) is 35.0 Å². The number of allylic oxidation sites excluding steroid dienone is 4. The van der Waals surface area contributed by atoms with Crippen molar-refractivity contribution in [3.8, 4) is 35.0 Å². The van der Waals surface area contributed by atoms with Gasteiger partial charge in [-0.05, 0) is 227 Å². The third-order valence-electron chi connectivity index (χ3n) is 27.5. The fourth-order valence-electron chi connectivity index (χ4n) is 18.7. The van der Waals surface area contributed by atoms with Crippen molar-refractivity contribution in [3.63, 3.8) is 0 Å². The number of Topliss-reactive ketones (excluding diaryl/α,β-unsaturated/α-hetero) is 2. The van der Waals surface area contributed by atoms with Crippen LogP contribution in [0.1, 0.15) is 222 Å². The van der Waals surface area contributed by atoms with Crippen LogP contribution >= 0.6 is 0 Å². The third-order valence-corrected chi connectivity index (χ3v) is 31.8. The molecule has 2 saturated heterocycles. The van der Waals surface area contributed by atoms with Crippen molar-refractivity contribution < 1.29 is 111 Å². The molecule has 668 valence electrons. The van der Waals surface area contributed by atoms with Gasteiger partial charge in [0.1, 0.15) is 23.7 Å². The van der Waals surface area contributed by atoms with E-state index >= 15 is 9.59 Å². The van der Waals surface area contributed by atoms with Gasteiger partial charge in [0.25, 0.3) is 12.9 Å². The number of benzene rings is 2. The van der Waals surface area contributed by atoms with E-state index in [2.05, 4.69) is 9.44 Å². The number of hydrogen-bond acceptors (Lipinski definition) is 22. The van der Waals surface area contributed by atoms with Crippen LogP contribution in [0.2, 0.25) is 0 Å². The highest BCUT2D eigenvalue weighted by Gasteiger charge is 2.65. The Bertz CT molecular complexity index is 4690. The van der Waals surface area contributed by atoms with Crippen LogP contribution in [-0.2, 0) is 80.7 Å². The number of amides is 4. The van der Waals surface area contributed by atoms with Crippen LogP contribution < -0.4 is 37.9 Å². The largest absolute Gasteiger partial charge is 0.497 e. The van der Waals surface area contributed by atoms with Crippen LogP contribution in [-0.4, -0.2) is 182 Å². The van der Waals surface area contributed by atoms with Crippen molar-refractivity contribution >= 4 is 88.7 Å². The van der Waals surface area contributed by atoms with Gasteiger partial charge in [-0.2, -0.15) is 9.97 Å². The summed E-state index contributed by atoms with van der Waals surface area (Å²) in [6, 6.07) is 8.79. The molecule has 0 bridgehead atoms. The Balaban J connectivity index is 0.000000210. The molecule has 2 aromatic heterocycles. The maximum Gasteiger partial charge on any atom is 0.307 e. The Morgan fingerprint density at radius 1 is 0.574 bits per heavy atom. The summed E-state index contributed by atoms with van der Waals surface area (Å²) in [7, 11) is -4.88. The average Bonchev–Trinajstić information content (AvgIpc) is 1.67. The first kappa shape index (κ1) is 91.0. The molecule has 6 aliphatic heterocycles. The van der Waals surface area contributed by atoms with Crippen molar-refractivity contribution in [2.24, 2.45) is 58.2 Å². The maximum atomic E-state index is 15.1. The van der Waals surface area contributed by atoms with Gasteiger partial charge in [-0.3, -0.25) is 47.8 Å². The number of aryl methyl sites for hydroxylation is 2. The molecule has 0 spiro atoms. The number of sulfonamides is 2. The summed E-state index contributed by atoms with van der Waals surface area (Å²) in [6.07, 6.45) is 8.65. The molecule has 4 aromatic rings. The second kappa shape index (κ2) is 35.7. The first-order valence-corrected chi connectivity index (χ1v) is 46.3. The predicted molar refractivity (Wildman–Crippen MR) is 443 cm³/mol. The average molecular weight is 1740 g/mol. The lowest BCUT2D eigenvalue weighted by Gasteiger charge is -2.34. The number of aromatic nitrogens is 2. The van der Waals surface area contributed by atoms with E-state index in [9.17, 15) is 63.2 Å². The standard InChI is InChI=1S/2C45H59F2N3O10S/c2*1-7-27-19-26(2)11-8-9-12-28-23-45(28,42(54)49-61(55,56)44(5)16-17-44)24-36(51)35-21-30(25-50(35)40(53)33(27)22-37(52)60-43(3,4)41(46)47)59-39-32-15-14-29(57-6)20-34(32)31-13-10-18-58-38(31)48-39/h2*9,12,14-15,20,26-28,30,33,35,41H,7-8,10-11,13,16-19,21-25H2,1-6H3,(H,49,54)/b2*12-9-/t26-,27+,28+,30+,33-,35-,45+;26-,27-,28-,30-,33+,35+,45-/m01/s1. The molecule has 122 heavy (non-hydrogen) atoms. The number of pyridine rings is 2. The fraction of sp³-hybridized carbons (Fsp3) is 0.667. The second-order valence-corrected chi connectivity index (χ2v) is 41.9. The number of methoxy groups -OCH3 is 2. The number of carbonyl (C=O) groups is 8. The molecule has 0 radical (unpaired) electrons. The Morgan fingerprint density at radius 2 is 0.951 bits per heavy atom. The van der Waals surface area contributed by atoms with Gasteiger partial charge >= 0.3 is 11.9 Å². The Labute approximate surface area is 711 Å². The van der Waals surface area contributed by atoms with E-state index in [0.717, 1.165) is 75.3 Å². The van der Waals surface area contributed by atoms with E-state index in [0.29, 0.717) is 124 Å². The van der Waals surface area contributed by atoms with Crippen molar-refractivity contribution in [2.75, 3.05) is 40.5 Å². The molecule has 4 saturated carbocycles. The molecule has 8 heterocycles. The van der Waals surface area contributed by atoms with Gasteiger partial charge in [-0.1, -0.05) is 64.8 Å².